The lowest BCUT2D eigenvalue weighted by Gasteiger charge is -2.05. The van der Waals surface area contributed by atoms with Crippen LogP contribution in [0.2, 0.25) is 0 Å². The lowest BCUT2D eigenvalue weighted by molar-refractivity contribution is 0.0690. The topological polar surface area (TPSA) is 106 Å². The number of amides is 1. The van der Waals surface area contributed by atoms with Crippen LogP contribution in [0.1, 0.15) is 10.5 Å². The zero-order valence-corrected chi connectivity index (χ0v) is 7.58. The van der Waals surface area contributed by atoms with E-state index in [2.05, 4.69) is 15.6 Å². The number of carboxylic acid groups (broad SMARTS) is 1. The Hall–Kier alpha value is -2.12. The van der Waals surface area contributed by atoms with Gasteiger partial charge in [0.15, 0.2) is 5.69 Å². The van der Waals surface area contributed by atoms with Crippen LogP contribution in [0, 0.1) is 0 Å². The Balaban J connectivity index is 1.99. The molecule has 1 fully saturated rings. The second-order valence-electron chi connectivity index (χ2n) is 3.04. The van der Waals surface area contributed by atoms with Crippen LogP contribution in [0.15, 0.2) is 6.20 Å². The number of carbonyl (C=O) groups excluding carboxylic acids is 1. The van der Waals surface area contributed by atoms with Crippen LogP contribution in [-0.4, -0.2) is 44.8 Å². The van der Waals surface area contributed by atoms with Gasteiger partial charge in [-0.05, 0) is 0 Å². The molecule has 1 amide bonds. The summed E-state index contributed by atoms with van der Waals surface area (Å²) in [6.45, 7) is 0.681. The monoisotopic (exact) mass is 212 g/mol. The largest absolute Gasteiger partial charge is 0.476 e. The van der Waals surface area contributed by atoms with Gasteiger partial charge in [0.05, 0.1) is 19.3 Å². The molecule has 0 spiro atoms. The van der Waals surface area contributed by atoms with E-state index in [1.807, 2.05) is 0 Å². The van der Waals surface area contributed by atoms with Crippen LogP contribution in [-0.2, 0) is 11.3 Å². The van der Waals surface area contributed by atoms with Crippen molar-refractivity contribution in [2.45, 2.75) is 12.6 Å². The van der Waals surface area contributed by atoms with E-state index in [4.69, 9.17) is 9.84 Å². The molecule has 8 nitrogen and oxygen atoms in total. The van der Waals surface area contributed by atoms with Crippen LogP contribution < -0.4 is 5.32 Å². The number of ether oxygens (including phenoxy) is 1. The quantitative estimate of drug-likeness (QED) is 0.671. The van der Waals surface area contributed by atoms with Crippen molar-refractivity contribution in [3.63, 3.8) is 0 Å². The molecule has 1 aliphatic heterocycles. The highest BCUT2D eigenvalue weighted by atomic mass is 16.6. The number of nitrogens with zero attached hydrogens (tertiary/aromatic N) is 3. The van der Waals surface area contributed by atoms with Gasteiger partial charge in [-0.3, -0.25) is 0 Å². The molecule has 0 aliphatic carbocycles. The lowest BCUT2D eigenvalue weighted by atomic mass is 10.3. The van der Waals surface area contributed by atoms with Crippen molar-refractivity contribution in [2.75, 3.05) is 6.54 Å². The Morgan fingerprint density at radius 3 is 3.13 bits per heavy atom. The Bertz CT molecular complexity index is 401. The van der Waals surface area contributed by atoms with Gasteiger partial charge in [-0.15, -0.1) is 5.10 Å². The number of carboxylic acids is 1. The van der Waals surface area contributed by atoms with Crippen LogP contribution >= 0.6 is 0 Å². The molecular formula is C7H8N4O4. The van der Waals surface area contributed by atoms with Crippen molar-refractivity contribution in [3.8, 4) is 0 Å². The predicted molar refractivity (Wildman–Crippen MR) is 45.3 cm³/mol. The van der Waals surface area contributed by atoms with Crippen LogP contribution in [0.25, 0.3) is 0 Å². The standard InChI is InChI=1S/C7H8N4O4/c12-6(13)5-3-11(10-9-5)2-4-1-8-7(14)15-4/h3-4H,1-2H2,(H,8,14)(H,12,13)/t4-/m0/s1. The first-order chi connectivity index (χ1) is 7.15. The van der Waals surface area contributed by atoms with Crippen molar-refractivity contribution in [1.82, 2.24) is 20.3 Å². The van der Waals surface area contributed by atoms with Gasteiger partial charge < -0.3 is 15.2 Å². The molecule has 8 heteroatoms. The van der Waals surface area contributed by atoms with Gasteiger partial charge >= 0.3 is 12.1 Å². The molecule has 15 heavy (non-hydrogen) atoms. The Labute approximate surface area is 83.8 Å². The third kappa shape index (κ3) is 2.03. The van der Waals surface area contributed by atoms with Crippen molar-refractivity contribution < 1.29 is 19.4 Å². The Morgan fingerprint density at radius 1 is 1.80 bits per heavy atom. The molecule has 1 atom stereocenters. The first kappa shape index (κ1) is 9.44. The molecule has 2 heterocycles. The molecule has 80 valence electrons. The summed E-state index contributed by atoms with van der Waals surface area (Å²) in [5.41, 5.74) is -0.132. The SMILES string of the molecule is O=C1NC[C@@H](Cn2cc(C(=O)O)nn2)O1. The molecule has 2 N–H and O–H groups in total. The molecule has 0 unspecified atom stereocenters. The zero-order valence-electron chi connectivity index (χ0n) is 7.58. The van der Waals surface area contributed by atoms with Gasteiger partial charge in [0.1, 0.15) is 6.10 Å². The summed E-state index contributed by atoms with van der Waals surface area (Å²) < 4.78 is 6.18. The van der Waals surface area contributed by atoms with E-state index in [1.165, 1.54) is 10.9 Å². The van der Waals surface area contributed by atoms with Gasteiger partial charge in [0.2, 0.25) is 0 Å². The molecule has 0 bridgehead atoms. The number of hydrogen-bond donors (Lipinski definition) is 2. The number of cyclic esters (lactones) is 1. The summed E-state index contributed by atoms with van der Waals surface area (Å²) in [6, 6.07) is 0. The van der Waals surface area contributed by atoms with Gasteiger partial charge in [0.25, 0.3) is 0 Å². The molecule has 1 saturated heterocycles. The van der Waals surface area contributed by atoms with Crippen molar-refractivity contribution in [2.24, 2.45) is 0 Å². The third-order valence-electron chi connectivity index (χ3n) is 1.90. The number of aromatic nitrogens is 3. The average molecular weight is 212 g/mol. The first-order valence-corrected chi connectivity index (χ1v) is 4.23. The second kappa shape index (κ2) is 3.56. The van der Waals surface area contributed by atoms with Crippen LogP contribution in [0.4, 0.5) is 4.79 Å². The fourth-order valence-corrected chi connectivity index (χ4v) is 1.23. The van der Waals surface area contributed by atoms with E-state index in [0.717, 1.165) is 0 Å². The molecule has 0 saturated carbocycles. The van der Waals surface area contributed by atoms with E-state index in [0.29, 0.717) is 13.1 Å². The summed E-state index contributed by atoms with van der Waals surface area (Å²) in [7, 11) is 0. The van der Waals surface area contributed by atoms with E-state index in [-0.39, 0.29) is 11.8 Å². The highest BCUT2D eigenvalue weighted by Crippen LogP contribution is 2.03. The van der Waals surface area contributed by atoms with Crippen molar-refractivity contribution in [1.29, 1.82) is 0 Å². The van der Waals surface area contributed by atoms with Crippen LogP contribution in [0.3, 0.4) is 0 Å². The molecular weight excluding hydrogens is 204 g/mol. The maximum Gasteiger partial charge on any atom is 0.407 e. The summed E-state index contributed by atoms with van der Waals surface area (Å²) >= 11 is 0. The van der Waals surface area contributed by atoms with Gasteiger partial charge in [-0.2, -0.15) is 0 Å². The highest BCUT2D eigenvalue weighted by Gasteiger charge is 2.23. The summed E-state index contributed by atoms with van der Waals surface area (Å²) in [5, 5.41) is 18.1. The molecule has 2 rings (SSSR count). The minimum absolute atomic E-state index is 0.132. The minimum Gasteiger partial charge on any atom is -0.476 e. The van der Waals surface area contributed by atoms with Crippen molar-refractivity contribution >= 4 is 12.1 Å². The number of aromatic carboxylic acids is 1. The number of nitrogens with one attached hydrogen (secondary N) is 1. The molecule has 1 aromatic heterocycles. The second-order valence-corrected chi connectivity index (χ2v) is 3.04. The molecule has 0 aromatic carbocycles. The number of alkyl carbamates (subject to hydrolysis) is 1. The minimum atomic E-state index is -1.14. The highest BCUT2D eigenvalue weighted by molar-refractivity contribution is 5.84. The van der Waals surface area contributed by atoms with Gasteiger partial charge in [-0.25, -0.2) is 14.3 Å². The molecule has 1 aliphatic rings. The first-order valence-electron chi connectivity index (χ1n) is 4.23. The van der Waals surface area contributed by atoms with Gasteiger partial charge in [0, 0.05) is 0 Å². The fourth-order valence-electron chi connectivity index (χ4n) is 1.23. The van der Waals surface area contributed by atoms with E-state index in [9.17, 15) is 9.59 Å². The summed E-state index contributed by atoms with van der Waals surface area (Å²) in [4.78, 5) is 21.2. The van der Waals surface area contributed by atoms with Crippen LogP contribution in [0.5, 0.6) is 0 Å². The number of carbonyl (C=O) groups is 2. The molecule has 0 radical (unpaired) electrons. The van der Waals surface area contributed by atoms with E-state index in [1.54, 1.807) is 0 Å². The van der Waals surface area contributed by atoms with Crippen molar-refractivity contribution in [3.05, 3.63) is 11.9 Å². The smallest absolute Gasteiger partial charge is 0.407 e. The lowest BCUT2D eigenvalue weighted by Crippen LogP contribution is -2.20. The Morgan fingerprint density at radius 2 is 2.60 bits per heavy atom. The summed E-state index contributed by atoms with van der Waals surface area (Å²) in [5.74, 6) is -1.14. The van der Waals surface area contributed by atoms with E-state index < -0.39 is 12.1 Å². The Kier molecular flexibility index (Phi) is 2.24. The zero-order chi connectivity index (χ0) is 10.8. The fraction of sp³-hybridized carbons (Fsp3) is 0.429. The maximum atomic E-state index is 10.7. The maximum absolute atomic E-state index is 10.7. The predicted octanol–water partition coefficient (Wildman–Crippen LogP) is -0.915. The third-order valence-corrected chi connectivity index (χ3v) is 1.90. The normalized spacial score (nSPS) is 19.7. The molecule has 1 aromatic rings. The van der Waals surface area contributed by atoms with E-state index >= 15 is 0 Å². The number of rotatable bonds is 3. The number of hydrogen-bond acceptors (Lipinski definition) is 5. The summed E-state index contributed by atoms with van der Waals surface area (Å²) in [6.07, 6.45) is 0.480. The average Bonchev–Trinajstić information content (AvgIpc) is 2.76. The van der Waals surface area contributed by atoms with Gasteiger partial charge in [-0.1, -0.05) is 5.21 Å².